The fourth-order valence-electron chi connectivity index (χ4n) is 0.668. The second-order valence-electron chi connectivity index (χ2n) is 2.96. The van der Waals surface area contributed by atoms with Crippen molar-refractivity contribution >= 4 is 39.4 Å². The van der Waals surface area contributed by atoms with Crippen LogP contribution >= 0.6 is 0 Å². The molecule has 0 saturated carbocycles. The summed E-state index contributed by atoms with van der Waals surface area (Å²) in [6.45, 7) is -0.843. The van der Waals surface area contributed by atoms with Crippen molar-refractivity contribution in [2.75, 3.05) is 6.61 Å². The van der Waals surface area contributed by atoms with Crippen LogP contribution in [-0.4, -0.2) is 108 Å². The van der Waals surface area contributed by atoms with Gasteiger partial charge < -0.3 is 33.5 Å². The predicted molar refractivity (Wildman–Crippen MR) is 60.9 cm³/mol. The summed E-state index contributed by atoms with van der Waals surface area (Å²) in [5, 5.41) is 51.8. The molecule has 0 aliphatic heterocycles. The summed E-state index contributed by atoms with van der Waals surface area (Å²) >= 11 is 0. The van der Waals surface area contributed by atoms with E-state index in [9.17, 15) is 4.79 Å². The van der Waals surface area contributed by atoms with E-state index in [0.717, 1.165) is 0 Å². The van der Waals surface area contributed by atoms with E-state index in [1.807, 2.05) is 0 Å². The molecule has 114 valence electrons. The minimum Gasteiger partial charge on any atom is -1.00 e. The van der Waals surface area contributed by atoms with Crippen molar-refractivity contribution in [1.82, 2.24) is 0 Å². The predicted octanol–water partition coefficient (Wildman–Crippen LogP) is -4.30. The van der Waals surface area contributed by atoms with Crippen LogP contribution in [0, 0.1) is 0 Å². The van der Waals surface area contributed by atoms with Gasteiger partial charge in [0.2, 0.25) is 0 Å². The van der Waals surface area contributed by atoms with E-state index in [1.54, 1.807) is 0 Å². The maximum absolute atomic E-state index is 10.1. The third kappa shape index (κ3) is 14.1. The first-order chi connectivity index (χ1) is 7.91. The van der Waals surface area contributed by atoms with Crippen LogP contribution in [0.3, 0.4) is 0 Å². The van der Waals surface area contributed by atoms with Gasteiger partial charge >= 0.3 is 39.4 Å². The van der Waals surface area contributed by atoms with Gasteiger partial charge in [0.15, 0.2) is 6.10 Å². The Kier molecular flexibility index (Phi) is 13.4. The summed E-state index contributed by atoms with van der Waals surface area (Å²) in [6.07, 6.45) is -7.84. The van der Waals surface area contributed by atoms with Crippen molar-refractivity contribution in [3.05, 3.63) is 0 Å². The Morgan fingerprint density at radius 3 is 1.58 bits per heavy atom. The van der Waals surface area contributed by atoms with Crippen molar-refractivity contribution in [3.8, 4) is 0 Å². The van der Waals surface area contributed by atoms with Crippen LogP contribution in [0.1, 0.15) is 2.85 Å². The molecule has 0 aromatic carbocycles. The van der Waals surface area contributed by atoms with Crippen LogP contribution in [0.2, 0.25) is 0 Å². The SMILES string of the molecule is O=C(O)[C@H](O)[C@@H](O)[C@H](O)[C@H](O)CO.O=S(=O)(O)O.[H-].[H-].[Mg+2]. The van der Waals surface area contributed by atoms with E-state index < -0.39 is 47.4 Å². The number of carboxylic acid groups (broad SMARTS) is 1. The second-order valence-corrected chi connectivity index (χ2v) is 3.86. The van der Waals surface area contributed by atoms with Gasteiger partial charge in [0.05, 0.1) is 6.61 Å². The molecule has 0 aliphatic rings. The van der Waals surface area contributed by atoms with Crippen LogP contribution in [0.4, 0.5) is 0 Å². The number of rotatable bonds is 5. The Morgan fingerprint density at radius 2 is 1.37 bits per heavy atom. The maximum Gasteiger partial charge on any atom is 2.00 e. The van der Waals surface area contributed by atoms with Gasteiger partial charge in [-0.25, -0.2) is 4.79 Å². The molecule has 0 rings (SSSR count). The van der Waals surface area contributed by atoms with Crippen molar-refractivity contribution in [2.24, 2.45) is 0 Å². The minimum atomic E-state index is -4.67. The molecule has 0 radical (unpaired) electrons. The van der Waals surface area contributed by atoms with Gasteiger partial charge in [0.1, 0.15) is 18.3 Å². The first kappa shape index (κ1) is 24.0. The van der Waals surface area contributed by atoms with E-state index in [4.69, 9.17) is 48.2 Å². The Balaban J connectivity index is -0.0000000933. The summed E-state index contributed by atoms with van der Waals surface area (Å²) in [5.41, 5.74) is 0. The molecule has 13 heteroatoms. The number of hydrogen-bond donors (Lipinski definition) is 8. The Bertz CT molecular complexity index is 345. The molecule has 0 saturated heterocycles. The maximum atomic E-state index is 10.1. The molecule has 0 bridgehead atoms. The van der Waals surface area contributed by atoms with Crippen LogP contribution < -0.4 is 0 Å². The minimum absolute atomic E-state index is 0. The number of aliphatic carboxylic acids is 1. The molecule has 0 heterocycles. The molecule has 0 unspecified atom stereocenters. The first-order valence-electron chi connectivity index (χ1n) is 4.17. The number of hydrogen-bond acceptors (Lipinski definition) is 8. The average Bonchev–Trinajstić information content (AvgIpc) is 2.22. The van der Waals surface area contributed by atoms with E-state index in [1.165, 1.54) is 0 Å². The van der Waals surface area contributed by atoms with Gasteiger partial charge in [-0.1, -0.05) is 0 Å². The number of carbonyl (C=O) groups is 1. The number of aliphatic hydroxyl groups excluding tert-OH is 5. The standard InChI is InChI=1S/C6H12O7.Mg.H2O4S.2H/c7-1-2(8)3(9)4(10)5(11)6(12)13;;1-5(2,3)4;;/h2-5,7-11H,1H2,(H,12,13);;(H2,1,2,3,4);;/q;+2;;2*-1/t2-,3-,4+,5-;;;;/m1..../s1. The molecule has 0 fully saturated rings. The summed E-state index contributed by atoms with van der Waals surface area (Å²) < 4.78 is 31.6. The van der Waals surface area contributed by atoms with Crippen molar-refractivity contribution in [2.45, 2.75) is 24.4 Å². The van der Waals surface area contributed by atoms with Gasteiger partial charge in [-0.3, -0.25) is 9.11 Å². The molecule has 0 amide bonds. The van der Waals surface area contributed by atoms with Gasteiger partial charge in [-0.05, 0) is 0 Å². The Labute approximate surface area is 126 Å². The van der Waals surface area contributed by atoms with E-state index in [-0.39, 0.29) is 25.9 Å². The zero-order valence-corrected chi connectivity index (χ0v) is 11.7. The van der Waals surface area contributed by atoms with Crippen LogP contribution in [-0.2, 0) is 15.2 Å². The van der Waals surface area contributed by atoms with Gasteiger partial charge in [0.25, 0.3) is 0 Å². The van der Waals surface area contributed by atoms with Crippen LogP contribution in [0.15, 0.2) is 0 Å². The zero-order chi connectivity index (χ0) is 15.1. The first-order valence-corrected chi connectivity index (χ1v) is 5.57. The fraction of sp³-hybridized carbons (Fsp3) is 0.833. The molecular formula is C6H16MgO11S. The normalized spacial score (nSPS) is 17.0. The Morgan fingerprint density at radius 1 is 1.05 bits per heavy atom. The van der Waals surface area contributed by atoms with Crippen molar-refractivity contribution in [3.63, 3.8) is 0 Å². The van der Waals surface area contributed by atoms with E-state index in [0.29, 0.717) is 0 Å². The monoisotopic (exact) mass is 320 g/mol. The molecule has 4 atom stereocenters. The largest absolute Gasteiger partial charge is 2.00 e. The second kappa shape index (κ2) is 10.7. The van der Waals surface area contributed by atoms with Gasteiger partial charge in [-0.15, -0.1) is 0 Å². The molecular weight excluding hydrogens is 304 g/mol. The smallest absolute Gasteiger partial charge is 1.00 e. The molecule has 19 heavy (non-hydrogen) atoms. The summed E-state index contributed by atoms with van der Waals surface area (Å²) in [6, 6.07) is 0. The van der Waals surface area contributed by atoms with Crippen LogP contribution in [0.25, 0.3) is 0 Å². The van der Waals surface area contributed by atoms with Gasteiger partial charge in [0, 0.05) is 0 Å². The summed E-state index contributed by atoms with van der Waals surface area (Å²) in [5.74, 6) is -1.73. The van der Waals surface area contributed by atoms with Crippen molar-refractivity contribution < 1.29 is 55.8 Å². The van der Waals surface area contributed by atoms with Gasteiger partial charge in [-0.2, -0.15) is 8.42 Å². The number of carboxylic acids is 1. The van der Waals surface area contributed by atoms with Crippen LogP contribution in [0.5, 0.6) is 0 Å². The van der Waals surface area contributed by atoms with E-state index >= 15 is 0 Å². The third-order valence-corrected chi connectivity index (χ3v) is 1.51. The fourth-order valence-corrected chi connectivity index (χ4v) is 0.668. The quantitative estimate of drug-likeness (QED) is 0.179. The average molecular weight is 321 g/mol. The summed E-state index contributed by atoms with van der Waals surface area (Å²) in [4.78, 5) is 10.1. The van der Waals surface area contributed by atoms with E-state index in [2.05, 4.69) is 0 Å². The van der Waals surface area contributed by atoms with Crippen molar-refractivity contribution in [1.29, 1.82) is 0 Å². The summed E-state index contributed by atoms with van der Waals surface area (Å²) in [7, 11) is -4.67. The molecule has 0 spiro atoms. The number of aliphatic hydroxyl groups is 5. The molecule has 0 aromatic rings. The molecule has 11 nitrogen and oxygen atoms in total. The topological polar surface area (TPSA) is 213 Å². The third-order valence-electron chi connectivity index (χ3n) is 1.51. The molecule has 0 aliphatic carbocycles. The molecule has 0 aromatic heterocycles. The Hall–Kier alpha value is -0.0938. The zero-order valence-electron chi connectivity index (χ0n) is 11.4. The molecule has 8 N–H and O–H groups in total.